The maximum absolute atomic E-state index is 11.1. The van der Waals surface area contributed by atoms with Gasteiger partial charge < -0.3 is 5.11 Å². The summed E-state index contributed by atoms with van der Waals surface area (Å²) in [6, 6.07) is 13.3. The Morgan fingerprint density at radius 3 is 2.32 bits per heavy atom. The molecule has 2 aromatic carbocycles. The first-order chi connectivity index (χ1) is 9.11. The molecule has 1 N–H and O–H groups in total. The van der Waals surface area contributed by atoms with Crippen LogP contribution in [0, 0.1) is 0 Å². The van der Waals surface area contributed by atoms with Gasteiger partial charge in [-0.15, -0.1) is 0 Å². The maximum atomic E-state index is 11.1. The van der Waals surface area contributed by atoms with Crippen LogP contribution in [-0.4, -0.2) is 11.1 Å². The first-order valence-electron chi connectivity index (χ1n) is 6.24. The van der Waals surface area contributed by atoms with Crippen molar-refractivity contribution in [2.24, 2.45) is 0 Å². The molecule has 0 saturated carbocycles. The van der Waals surface area contributed by atoms with Crippen molar-refractivity contribution in [3.05, 3.63) is 58.6 Å². The quantitative estimate of drug-likeness (QED) is 0.880. The molecule has 0 aromatic heterocycles. The largest absolute Gasteiger partial charge is 0.478 e. The topological polar surface area (TPSA) is 37.3 Å². The third-order valence-electron chi connectivity index (χ3n) is 3.02. The molecule has 0 aliphatic heterocycles. The molecule has 98 valence electrons. The third kappa shape index (κ3) is 3.15. The van der Waals surface area contributed by atoms with Gasteiger partial charge in [0, 0.05) is 0 Å². The van der Waals surface area contributed by atoms with Crippen molar-refractivity contribution in [1.29, 1.82) is 0 Å². The number of aromatic carboxylic acids is 1. The Morgan fingerprint density at radius 2 is 1.74 bits per heavy atom. The molecule has 0 spiro atoms. The van der Waals surface area contributed by atoms with E-state index in [1.165, 1.54) is 5.56 Å². The van der Waals surface area contributed by atoms with Gasteiger partial charge in [0.2, 0.25) is 0 Å². The SMILES string of the molecule is CCCc1ccc(-c2ccc(Cl)c(C(=O)O)c2)cc1. The molecule has 0 saturated heterocycles. The van der Waals surface area contributed by atoms with E-state index in [1.54, 1.807) is 12.1 Å². The van der Waals surface area contributed by atoms with Crippen LogP contribution < -0.4 is 0 Å². The number of aryl methyl sites for hydroxylation is 1. The van der Waals surface area contributed by atoms with Crippen molar-refractivity contribution in [2.45, 2.75) is 19.8 Å². The molecular formula is C16H15ClO2. The summed E-state index contributed by atoms with van der Waals surface area (Å²) in [7, 11) is 0. The molecule has 2 rings (SSSR count). The van der Waals surface area contributed by atoms with Crippen LogP contribution in [0.25, 0.3) is 11.1 Å². The van der Waals surface area contributed by atoms with Gasteiger partial charge in [0.05, 0.1) is 10.6 Å². The molecule has 0 bridgehead atoms. The lowest BCUT2D eigenvalue weighted by Gasteiger charge is -2.06. The number of carbonyl (C=O) groups is 1. The molecule has 0 unspecified atom stereocenters. The van der Waals surface area contributed by atoms with Gasteiger partial charge in [-0.1, -0.05) is 55.3 Å². The summed E-state index contributed by atoms with van der Waals surface area (Å²) in [5, 5.41) is 9.33. The Morgan fingerprint density at radius 1 is 1.11 bits per heavy atom. The van der Waals surface area contributed by atoms with Crippen LogP contribution >= 0.6 is 11.6 Å². The summed E-state index contributed by atoms with van der Waals surface area (Å²) in [6.45, 7) is 2.15. The van der Waals surface area contributed by atoms with Crippen LogP contribution in [0.5, 0.6) is 0 Å². The van der Waals surface area contributed by atoms with Gasteiger partial charge in [-0.25, -0.2) is 4.79 Å². The Balaban J connectivity index is 2.36. The molecule has 0 aliphatic rings. The summed E-state index contributed by atoms with van der Waals surface area (Å²) in [5.74, 6) is -1.01. The Bertz CT molecular complexity index is 588. The molecule has 2 nitrogen and oxygen atoms in total. The number of hydrogen-bond acceptors (Lipinski definition) is 1. The summed E-state index contributed by atoms with van der Waals surface area (Å²) >= 11 is 5.86. The van der Waals surface area contributed by atoms with E-state index in [0.717, 1.165) is 24.0 Å². The maximum Gasteiger partial charge on any atom is 0.337 e. The summed E-state index contributed by atoms with van der Waals surface area (Å²) < 4.78 is 0. The van der Waals surface area contributed by atoms with Gasteiger partial charge in [0.15, 0.2) is 0 Å². The summed E-state index contributed by atoms with van der Waals surface area (Å²) in [6.07, 6.45) is 2.17. The standard InChI is InChI=1S/C16H15ClO2/c1-2-3-11-4-6-12(7-5-11)13-8-9-15(17)14(10-13)16(18)19/h4-10H,2-3H2,1H3,(H,18,19). The minimum atomic E-state index is -1.01. The third-order valence-corrected chi connectivity index (χ3v) is 3.35. The summed E-state index contributed by atoms with van der Waals surface area (Å²) in [5.41, 5.74) is 3.29. The van der Waals surface area contributed by atoms with Crippen LogP contribution in [0.3, 0.4) is 0 Å². The Hall–Kier alpha value is -1.80. The zero-order valence-corrected chi connectivity index (χ0v) is 11.4. The highest BCUT2D eigenvalue weighted by Gasteiger charge is 2.10. The van der Waals surface area contributed by atoms with E-state index in [2.05, 4.69) is 19.1 Å². The predicted molar refractivity (Wildman–Crippen MR) is 77.8 cm³/mol. The van der Waals surface area contributed by atoms with E-state index in [0.29, 0.717) is 0 Å². The van der Waals surface area contributed by atoms with Crippen LogP contribution in [-0.2, 0) is 6.42 Å². The van der Waals surface area contributed by atoms with Crippen LogP contribution in [0.1, 0.15) is 29.3 Å². The van der Waals surface area contributed by atoms with Gasteiger partial charge in [-0.05, 0) is 35.2 Å². The Kier molecular flexibility index (Phi) is 4.23. The van der Waals surface area contributed by atoms with E-state index >= 15 is 0 Å². The fraction of sp³-hybridized carbons (Fsp3) is 0.188. The van der Waals surface area contributed by atoms with Crippen LogP contribution in [0.15, 0.2) is 42.5 Å². The lowest BCUT2D eigenvalue weighted by Crippen LogP contribution is -1.97. The van der Waals surface area contributed by atoms with E-state index in [-0.39, 0.29) is 10.6 Å². The predicted octanol–water partition coefficient (Wildman–Crippen LogP) is 4.66. The molecule has 0 amide bonds. The number of benzene rings is 2. The molecule has 0 fully saturated rings. The number of rotatable bonds is 4. The highest BCUT2D eigenvalue weighted by Crippen LogP contribution is 2.25. The van der Waals surface area contributed by atoms with Crippen molar-refractivity contribution in [1.82, 2.24) is 0 Å². The van der Waals surface area contributed by atoms with Gasteiger partial charge in [-0.3, -0.25) is 0 Å². The number of hydrogen-bond donors (Lipinski definition) is 1. The molecule has 2 aromatic rings. The highest BCUT2D eigenvalue weighted by atomic mass is 35.5. The molecule has 19 heavy (non-hydrogen) atoms. The van der Waals surface area contributed by atoms with Gasteiger partial charge in [-0.2, -0.15) is 0 Å². The second kappa shape index (κ2) is 5.89. The second-order valence-electron chi connectivity index (χ2n) is 4.45. The molecular weight excluding hydrogens is 260 g/mol. The Labute approximate surface area is 117 Å². The van der Waals surface area contributed by atoms with Gasteiger partial charge in [0.25, 0.3) is 0 Å². The number of halogens is 1. The van der Waals surface area contributed by atoms with E-state index in [1.807, 2.05) is 18.2 Å². The normalized spacial score (nSPS) is 10.4. The van der Waals surface area contributed by atoms with Crippen molar-refractivity contribution in [3.8, 4) is 11.1 Å². The molecule has 0 atom stereocenters. The molecule has 0 aliphatic carbocycles. The van der Waals surface area contributed by atoms with E-state index < -0.39 is 5.97 Å². The lowest BCUT2D eigenvalue weighted by atomic mass is 10.0. The molecule has 0 heterocycles. The van der Waals surface area contributed by atoms with Crippen molar-refractivity contribution in [3.63, 3.8) is 0 Å². The monoisotopic (exact) mass is 274 g/mol. The van der Waals surface area contributed by atoms with Gasteiger partial charge >= 0.3 is 5.97 Å². The smallest absolute Gasteiger partial charge is 0.337 e. The first-order valence-corrected chi connectivity index (χ1v) is 6.61. The fourth-order valence-corrected chi connectivity index (χ4v) is 2.22. The molecule has 3 heteroatoms. The van der Waals surface area contributed by atoms with Gasteiger partial charge in [0.1, 0.15) is 0 Å². The van der Waals surface area contributed by atoms with E-state index in [4.69, 9.17) is 16.7 Å². The summed E-state index contributed by atoms with van der Waals surface area (Å²) in [4.78, 5) is 11.1. The fourth-order valence-electron chi connectivity index (χ4n) is 2.02. The highest BCUT2D eigenvalue weighted by molar-refractivity contribution is 6.33. The average Bonchev–Trinajstić information content (AvgIpc) is 2.40. The van der Waals surface area contributed by atoms with Crippen molar-refractivity contribution < 1.29 is 9.90 Å². The molecule has 0 radical (unpaired) electrons. The first kappa shape index (κ1) is 13.6. The van der Waals surface area contributed by atoms with E-state index in [9.17, 15) is 4.79 Å². The van der Waals surface area contributed by atoms with Crippen molar-refractivity contribution >= 4 is 17.6 Å². The lowest BCUT2D eigenvalue weighted by molar-refractivity contribution is 0.0697. The number of carboxylic acids is 1. The van der Waals surface area contributed by atoms with Crippen LogP contribution in [0.4, 0.5) is 0 Å². The average molecular weight is 275 g/mol. The minimum absolute atomic E-state index is 0.136. The minimum Gasteiger partial charge on any atom is -0.478 e. The zero-order valence-electron chi connectivity index (χ0n) is 10.7. The van der Waals surface area contributed by atoms with Crippen molar-refractivity contribution in [2.75, 3.05) is 0 Å². The van der Waals surface area contributed by atoms with Crippen LogP contribution in [0.2, 0.25) is 5.02 Å². The number of carboxylic acid groups (broad SMARTS) is 1. The zero-order chi connectivity index (χ0) is 13.8. The second-order valence-corrected chi connectivity index (χ2v) is 4.85.